The van der Waals surface area contributed by atoms with Crippen LogP contribution in [0.2, 0.25) is 0 Å². The lowest BCUT2D eigenvalue weighted by molar-refractivity contribution is -0.239. The van der Waals surface area contributed by atoms with Crippen LogP contribution in [0.3, 0.4) is 0 Å². The molecule has 0 spiro atoms. The van der Waals surface area contributed by atoms with E-state index >= 15 is 0 Å². The first-order valence-corrected chi connectivity index (χ1v) is 12.7. The standard InChI is InChI=1S/C30H26O12/c31-13-22-26(38)27(39)30(42-23(37)10-3-14-1-6-16(32)7-2-14)29(41-22)25-19(35)11-18(34)24-20(36)12-21(40-28(24)25)15-4-8-17(33)9-5-15/h1-12,22,26-27,29-35,38-39H,13H2/t22-,26-,27+,29+,30-/m1/s1. The minimum absolute atomic E-state index is 0.0146. The molecule has 1 saturated heterocycles. The van der Waals surface area contributed by atoms with Crippen molar-refractivity contribution in [1.82, 2.24) is 0 Å². The van der Waals surface area contributed by atoms with E-state index in [1.54, 1.807) is 0 Å². The molecule has 5 rings (SSSR count). The number of benzene rings is 3. The maximum atomic E-state index is 13.1. The van der Waals surface area contributed by atoms with E-state index in [-0.39, 0.29) is 33.8 Å². The lowest BCUT2D eigenvalue weighted by Gasteiger charge is -2.41. The predicted molar refractivity (Wildman–Crippen MR) is 147 cm³/mol. The van der Waals surface area contributed by atoms with Crippen LogP contribution in [0.5, 0.6) is 23.0 Å². The topological polar surface area (TPSA) is 207 Å². The average Bonchev–Trinajstić information content (AvgIpc) is 2.96. The van der Waals surface area contributed by atoms with Gasteiger partial charge in [-0.25, -0.2) is 4.79 Å². The number of ether oxygens (including phenoxy) is 2. The van der Waals surface area contributed by atoms with Crippen LogP contribution in [0.25, 0.3) is 28.4 Å². The normalized spacial score (nSPS) is 22.4. The van der Waals surface area contributed by atoms with E-state index in [0.717, 1.165) is 18.2 Å². The lowest BCUT2D eigenvalue weighted by atomic mass is 9.89. The number of aliphatic hydroxyl groups excluding tert-OH is 3. The number of hydrogen-bond acceptors (Lipinski definition) is 12. The Balaban J connectivity index is 1.61. The molecule has 4 aromatic rings. The van der Waals surface area contributed by atoms with E-state index in [4.69, 9.17) is 13.9 Å². The Morgan fingerprint density at radius 2 is 1.52 bits per heavy atom. The summed E-state index contributed by atoms with van der Waals surface area (Å²) < 4.78 is 17.2. The van der Waals surface area contributed by atoms with Gasteiger partial charge in [0.1, 0.15) is 58.6 Å². The summed E-state index contributed by atoms with van der Waals surface area (Å²) in [6, 6.07) is 13.5. The maximum Gasteiger partial charge on any atom is 0.331 e. The van der Waals surface area contributed by atoms with Crippen molar-refractivity contribution in [2.24, 2.45) is 0 Å². The Morgan fingerprint density at radius 3 is 2.17 bits per heavy atom. The first kappa shape index (κ1) is 28.6. The molecule has 218 valence electrons. The summed E-state index contributed by atoms with van der Waals surface area (Å²) in [5.41, 5.74) is -0.484. The summed E-state index contributed by atoms with van der Waals surface area (Å²) in [6.07, 6.45) is -5.84. The summed E-state index contributed by atoms with van der Waals surface area (Å²) in [7, 11) is 0. The van der Waals surface area contributed by atoms with E-state index in [2.05, 4.69) is 0 Å². The number of fused-ring (bicyclic) bond motifs is 1. The fraction of sp³-hybridized carbons (Fsp3) is 0.200. The van der Waals surface area contributed by atoms with Gasteiger partial charge in [-0.3, -0.25) is 4.79 Å². The van der Waals surface area contributed by atoms with Gasteiger partial charge in [0, 0.05) is 23.8 Å². The van der Waals surface area contributed by atoms with Gasteiger partial charge in [0.05, 0.1) is 12.2 Å². The van der Waals surface area contributed by atoms with E-state index in [1.807, 2.05) is 0 Å². The van der Waals surface area contributed by atoms with Crippen molar-refractivity contribution < 1.29 is 54.4 Å². The Hall–Kier alpha value is -4.88. The number of hydrogen-bond donors (Lipinski definition) is 7. The van der Waals surface area contributed by atoms with E-state index < -0.39 is 60.0 Å². The summed E-state index contributed by atoms with van der Waals surface area (Å²) in [5.74, 6) is -2.30. The second-order valence-corrected chi connectivity index (χ2v) is 9.64. The van der Waals surface area contributed by atoms with Crippen LogP contribution >= 0.6 is 0 Å². The highest BCUT2D eigenvalue weighted by atomic mass is 16.6. The molecule has 12 heteroatoms. The molecule has 12 nitrogen and oxygen atoms in total. The van der Waals surface area contributed by atoms with Gasteiger partial charge in [0.15, 0.2) is 17.1 Å². The summed E-state index contributed by atoms with van der Waals surface area (Å²) >= 11 is 0. The van der Waals surface area contributed by atoms with Crippen molar-refractivity contribution >= 4 is 23.0 Å². The zero-order chi connectivity index (χ0) is 30.1. The van der Waals surface area contributed by atoms with Gasteiger partial charge >= 0.3 is 5.97 Å². The lowest BCUT2D eigenvalue weighted by Crippen LogP contribution is -2.56. The number of carbonyl (C=O) groups excluding carboxylic acids is 1. The van der Waals surface area contributed by atoms with Crippen LogP contribution in [0.15, 0.2) is 76.0 Å². The van der Waals surface area contributed by atoms with Crippen molar-refractivity contribution in [3.05, 3.63) is 88.1 Å². The maximum absolute atomic E-state index is 13.1. The van der Waals surface area contributed by atoms with Gasteiger partial charge in [-0.2, -0.15) is 0 Å². The number of rotatable bonds is 6. The number of carbonyl (C=O) groups is 1. The zero-order valence-electron chi connectivity index (χ0n) is 21.7. The summed E-state index contributed by atoms with van der Waals surface area (Å²) in [4.78, 5) is 25.9. The highest BCUT2D eigenvalue weighted by molar-refractivity contribution is 5.90. The third-order valence-electron chi connectivity index (χ3n) is 6.86. The molecule has 0 aliphatic carbocycles. The quantitative estimate of drug-likeness (QED) is 0.130. The molecule has 0 unspecified atom stereocenters. The number of esters is 1. The Kier molecular flexibility index (Phi) is 7.87. The molecule has 0 saturated carbocycles. The number of phenols is 4. The van der Waals surface area contributed by atoms with Gasteiger partial charge in [0.25, 0.3) is 0 Å². The molecular weight excluding hydrogens is 552 g/mol. The highest BCUT2D eigenvalue weighted by Gasteiger charge is 2.48. The van der Waals surface area contributed by atoms with Crippen molar-refractivity contribution in [2.75, 3.05) is 6.61 Å². The minimum Gasteiger partial charge on any atom is -0.508 e. The van der Waals surface area contributed by atoms with E-state index in [9.17, 15) is 45.3 Å². The van der Waals surface area contributed by atoms with Crippen molar-refractivity contribution in [3.8, 4) is 34.3 Å². The van der Waals surface area contributed by atoms with Crippen molar-refractivity contribution in [1.29, 1.82) is 0 Å². The molecule has 0 amide bonds. The van der Waals surface area contributed by atoms with Crippen LogP contribution < -0.4 is 5.43 Å². The molecule has 1 aliphatic rings. The first-order chi connectivity index (χ1) is 20.1. The van der Waals surface area contributed by atoms with Gasteiger partial charge in [-0.05, 0) is 48.0 Å². The molecule has 7 N–H and O–H groups in total. The molecule has 1 aromatic heterocycles. The highest BCUT2D eigenvalue weighted by Crippen LogP contribution is 2.44. The minimum atomic E-state index is -1.83. The van der Waals surface area contributed by atoms with Crippen LogP contribution in [0.4, 0.5) is 0 Å². The molecule has 0 radical (unpaired) electrons. The first-order valence-electron chi connectivity index (χ1n) is 12.7. The predicted octanol–water partition coefficient (Wildman–Crippen LogP) is 2.06. The zero-order valence-corrected chi connectivity index (χ0v) is 21.7. The number of phenolic OH excluding ortho intramolecular Hbond substituents is 4. The third kappa shape index (κ3) is 5.51. The Morgan fingerprint density at radius 1 is 0.881 bits per heavy atom. The van der Waals surface area contributed by atoms with E-state index in [1.165, 1.54) is 54.6 Å². The smallest absolute Gasteiger partial charge is 0.331 e. The van der Waals surface area contributed by atoms with Gasteiger partial charge < -0.3 is 49.6 Å². The van der Waals surface area contributed by atoms with Gasteiger partial charge in [-0.15, -0.1) is 0 Å². The average molecular weight is 579 g/mol. The van der Waals surface area contributed by atoms with Crippen LogP contribution in [-0.2, 0) is 14.3 Å². The largest absolute Gasteiger partial charge is 0.508 e. The van der Waals surface area contributed by atoms with Crippen LogP contribution in [-0.4, -0.2) is 72.7 Å². The fourth-order valence-electron chi connectivity index (χ4n) is 4.74. The number of aromatic hydroxyl groups is 4. The van der Waals surface area contributed by atoms with Crippen molar-refractivity contribution in [3.63, 3.8) is 0 Å². The molecule has 1 aliphatic heterocycles. The fourth-order valence-corrected chi connectivity index (χ4v) is 4.74. The summed E-state index contributed by atoms with van der Waals surface area (Å²) in [6.45, 7) is -0.768. The molecule has 2 heterocycles. The molecule has 5 atom stereocenters. The second kappa shape index (κ2) is 11.5. The van der Waals surface area contributed by atoms with Gasteiger partial charge in [0.2, 0.25) is 0 Å². The molecule has 3 aromatic carbocycles. The molecular formula is C30H26O12. The third-order valence-corrected chi connectivity index (χ3v) is 6.86. The second-order valence-electron chi connectivity index (χ2n) is 9.64. The molecule has 42 heavy (non-hydrogen) atoms. The van der Waals surface area contributed by atoms with E-state index in [0.29, 0.717) is 11.1 Å². The number of aliphatic hydroxyl groups is 3. The molecule has 1 fully saturated rings. The molecule has 0 bridgehead atoms. The SMILES string of the molecule is O=C(C=Cc1ccc(O)cc1)O[C@@H]1[C@@H](O)[C@H](O)[C@@H](CO)O[C@H]1c1c(O)cc(O)c2c(=O)cc(-c3ccc(O)cc3)oc12. The van der Waals surface area contributed by atoms with Crippen LogP contribution in [0, 0.1) is 0 Å². The summed E-state index contributed by atoms with van der Waals surface area (Å²) in [5, 5.41) is 71.5. The van der Waals surface area contributed by atoms with Gasteiger partial charge in [-0.1, -0.05) is 12.1 Å². The van der Waals surface area contributed by atoms with Crippen LogP contribution in [0.1, 0.15) is 17.2 Å². The monoisotopic (exact) mass is 578 g/mol. The Labute approximate surface area is 237 Å². The Bertz CT molecular complexity index is 1690. The van der Waals surface area contributed by atoms with Crippen molar-refractivity contribution in [2.45, 2.75) is 30.5 Å².